The van der Waals surface area contributed by atoms with Gasteiger partial charge < -0.3 is 0 Å². The first-order valence-electron chi connectivity index (χ1n) is 2.85. The zero-order valence-corrected chi connectivity index (χ0v) is 9.30. The van der Waals surface area contributed by atoms with Gasteiger partial charge in [0.25, 0.3) is 0 Å². The van der Waals surface area contributed by atoms with E-state index in [1.807, 2.05) is 0 Å². The molecule has 0 aromatic heterocycles. The molecule has 0 saturated carbocycles. The Labute approximate surface area is 86.0 Å². The molecule has 60 valence electrons. The van der Waals surface area contributed by atoms with Crippen molar-refractivity contribution in [2.24, 2.45) is 0 Å². The summed E-state index contributed by atoms with van der Waals surface area (Å²) in [6, 6.07) is 2.87. The SMILES string of the molecule is Fc1ccc(Cl)c(Br)c1CBr. The summed E-state index contributed by atoms with van der Waals surface area (Å²) in [4.78, 5) is 0. The van der Waals surface area contributed by atoms with Crippen molar-refractivity contribution in [3.63, 3.8) is 0 Å². The van der Waals surface area contributed by atoms with Gasteiger partial charge in [-0.2, -0.15) is 0 Å². The molecule has 0 spiro atoms. The third-order valence-corrected chi connectivity index (χ3v) is 3.28. The van der Waals surface area contributed by atoms with Crippen molar-refractivity contribution < 1.29 is 4.39 Å². The molecule has 1 aromatic rings. The molecule has 0 fully saturated rings. The van der Waals surface area contributed by atoms with Gasteiger partial charge >= 0.3 is 0 Å². The van der Waals surface area contributed by atoms with E-state index >= 15 is 0 Å². The summed E-state index contributed by atoms with van der Waals surface area (Å²) in [7, 11) is 0. The smallest absolute Gasteiger partial charge is 0.128 e. The average molecular weight is 302 g/mol. The highest BCUT2D eigenvalue weighted by molar-refractivity contribution is 9.10. The van der Waals surface area contributed by atoms with Gasteiger partial charge in [0.05, 0.1) is 5.02 Å². The Morgan fingerprint density at radius 3 is 2.55 bits per heavy atom. The van der Waals surface area contributed by atoms with E-state index < -0.39 is 0 Å². The number of alkyl halides is 1. The van der Waals surface area contributed by atoms with E-state index in [9.17, 15) is 4.39 Å². The highest BCUT2D eigenvalue weighted by Crippen LogP contribution is 2.29. The maximum atomic E-state index is 12.9. The quantitative estimate of drug-likeness (QED) is 0.540. The molecule has 0 nitrogen and oxygen atoms in total. The van der Waals surface area contributed by atoms with E-state index in [4.69, 9.17) is 11.6 Å². The van der Waals surface area contributed by atoms with Crippen LogP contribution in [0.15, 0.2) is 16.6 Å². The van der Waals surface area contributed by atoms with Crippen molar-refractivity contribution in [3.8, 4) is 0 Å². The van der Waals surface area contributed by atoms with E-state index in [1.54, 1.807) is 0 Å². The molecule has 1 aromatic carbocycles. The Morgan fingerprint density at radius 2 is 2.09 bits per heavy atom. The lowest BCUT2D eigenvalue weighted by molar-refractivity contribution is 0.616. The first kappa shape index (κ1) is 9.49. The van der Waals surface area contributed by atoms with Crippen molar-refractivity contribution >= 4 is 43.5 Å². The van der Waals surface area contributed by atoms with E-state index in [2.05, 4.69) is 31.9 Å². The molecule has 0 heterocycles. The first-order valence-corrected chi connectivity index (χ1v) is 5.14. The van der Waals surface area contributed by atoms with Gasteiger partial charge in [0.1, 0.15) is 5.82 Å². The Balaban J connectivity index is 3.29. The van der Waals surface area contributed by atoms with Crippen molar-refractivity contribution in [2.45, 2.75) is 5.33 Å². The predicted molar refractivity (Wildman–Crippen MR) is 51.7 cm³/mol. The van der Waals surface area contributed by atoms with Crippen LogP contribution in [0.1, 0.15) is 5.56 Å². The first-order chi connectivity index (χ1) is 5.16. The molecule has 0 aliphatic carbocycles. The van der Waals surface area contributed by atoms with Gasteiger partial charge in [-0.1, -0.05) is 27.5 Å². The summed E-state index contributed by atoms with van der Waals surface area (Å²) in [6.45, 7) is 0. The molecular weight excluding hydrogens is 298 g/mol. The third kappa shape index (κ3) is 1.95. The van der Waals surface area contributed by atoms with Gasteiger partial charge in [0, 0.05) is 15.4 Å². The lowest BCUT2D eigenvalue weighted by Gasteiger charge is -2.02. The standard InChI is InChI=1S/C7H4Br2ClF/c8-3-4-6(11)2-1-5(10)7(4)9/h1-2H,3H2. The summed E-state index contributed by atoms with van der Waals surface area (Å²) in [5, 5.41) is 0.987. The fourth-order valence-corrected chi connectivity index (χ4v) is 2.25. The number of rotatable bonds is 1. The molecule has 0 aliphatic rings. The highest BCUT2D eigenvalue weighted by Gasteiger charge is 2.07. The lowest BCUT2D eigenvalue weighted by Crippen LogP contribution is -1.87. The second kappa shape index (κ2) is 3.87. The third-order valence-electron chi connectivity index (χ3n) is 1.27. The molecule has 0 aliphatic heterocycles. The van der Waals surface area contributed by atoms with Crippen LogP contribution in [0, 0.1) is 5.82 Å². The minimum absolute atomic E-state index is 0.252. The largest absolute Gasteiger partial charge is 0.207 e. The van der Waals surface area contributed by atoms with Gasteiger partial charge in [-0.25, -0.2) is 4.39 Å². The topological polar surface area (TPSA) is 0 Å². The summed E-state index contributed by atoms with van der Waals surface area (Å²) in [6.07, 6.45) is 0. The van der Waals surface area contributed by atoms with Gasteiger partial charge in [0.2, 0.25) is 0 Å². The summed E-state index contributed by atoms with van der Waals surface area (Å²) >= 11 is 12.1. The van der Waals surface area contributed by atoms with Crippen LogP contribution >= 0.6 is 43.5 Å². The zero-order chi connectivity index (χ0) is 8.43. The number of hydrogen-bond donors (Lipinski definition) is 0. The van der Waals surface area contributed by atoms with E-state index in [0.29, 0.717) is 20.4 Å². The van der Waals surface area contributed by atoms with Crippen LogP contribution in [0.4, 0.5) is 4.39 Å². The lowest BCUT2D eigenvalue weighted by atomic mass is 10.2. The Bertz CT molecular complexity index is 275. The fraction of sp³-hybridized carbons (Fsp3) is 0.143. The highest BCUT2D eigenvalue weighted by atomic mass is 79.9. The number of benzene rings is 1. The molecule has 0 bridgehead atoms. The Kier molecular flexibility index (Phi) is 3.34. The van der Waals surface area contributed by atoms with E-state index in [0.717, 1.165) is 0 Å². The van der Waals surface area contributed by atoms with Crippen LogP contribution in [-0.4, -0.2) is 0 Å². The van der Waals surface area contributed by atoms with Crippen molar-refractivity contribution in [1.82, 2.24) is 0 Å². The summed E-state index contributed by atoms with van der Waals surface area (Å²) in [5.74, 6) is -0.252. The molecule has 0 N–H and O–H groups in total. The normalized spacial score (nSPS) is 10.2. The van der Waals surface area contributed by atoms with Crippen LogP contribution < -0.4 is 0 Å². The van der Waals surface area contributed by atoms with E-state index in [-0.39, 0.29) is 5.82 Å². The second-order valence-corrected chi connectivity index (χ2v) is 3.72. The molecule has 4 heteroatoms. The molecular formula is C7H4Br2ClF. The fourth-order valence-electron chi connectivity index (χ4n) is 0.692. The maximum absolute atomic E-state index is 12.9. The molecule has 0 unspecified atom stereocenters. The van der Waals surface area contributed by atoms with E-state index in [1.165, 1.54) is 12.1 Å². The molecule has 0 amide bonds. The van der Waals surface area contributed by atoms with Crippen LogP contribution in [0.3, 0.4) is 0 Å². The second-order valence-electron chi connectivity index (χ2n) is 1.96. The van der Waals surface area contributed by atoms with Crippen molar-refractivity contribution in [3.05, 3.63) is 33.0 Å². The number of halogens is 4. The maximum Gasteiger partial charge on any atom is 0.128 e. The molecule has 1 rings (SSSR count). The minimum atomic E-state index is -0.252. The monoisotopic (exact) mass is 300 g/mol. The molecule has 0 atom stereocenters. The van der Waals surface area contributed by atoms with Crippen LogP contribution in [0.2, 0.25) is 5.02 Å². The van der Waals surface area contributed by atoms with Crippen molar-refractivity contribution in [1.29, 1.82) is 0 Å². The van der Waals surface area contributed by atoms with Gasteiger partial charge in [-0.3, -0.25) is 0 Å². The molecule has 0 saturated heterocycles. The number of hydrogen-bond acceptors (Lipinski definition) is 0. The Morgan fingerprint density at radius 1 is 1.45 bits per heavy atom. The van der Waals surface area contributed by atoms with Crippen LogP contribution in [0.5, 0.6) is 0 Å². The molecule has 11 heavy (non-hydrogen) atoms. The predicted octanol–water partition coefficient (Wildman–Crippen LogP) is 4.14. The van der Waals surface area contributed by atoms with Gasteiger partial charge in [-0.05, 0) is 28.1 Å². The van der Waals surface area contributed by atoms with Crippen LogP contribution in [0.25, 0.3) is 0 Å². The average Bonchev–Trinajstić information content (AvgIpc) is 1.99. The van der Waals surface area contributed by atoms with Gasteiger partial charge in [0.15, 0.2) is 0 Å². The van der Waals surface area contributed by atoms with Crippen LogP contribution in [-0.2, 0) is 5.33 Å². The van der Waals surface area contributed by atoms with Gasteiger partial charge in [-0.15, -0.1) is 0 Å². The zero-order valence-electron chi connectivity index (χ0n) is 5.37. The van der Waals surface area contributed by atoms with Crippen molar-refractivity contribution in [2.75, 3.05) is 0 Å². The molecule has 0 radical (unpaired) electrons. The minimum Gasteiger partial charge on any atom is -0.207 e. The summed E-state index contributed by atoms with van der Waals surface area (Å²) in [5.41, 5.74) is 0.553. The summed E-state index contributed by atoms with van der Waals surface area (Å²) < 4.78 is 13.5. The Hall–Kier alpha value is 0.400.